The fourth-order valence-electron chi connectivity index (χ4n) is 1.25. The van der Waals surface area contributed by atoms with Gasteiger partial charge in [0.1, 0.15) is 0 Å². The summed E-state index contributed by atoms with van der Waals surface area (Å²) in [5.74, 6) is 0. The van der Waals surface area contributed by atoms with Gasteiger partial charge in [-0.05, 0) is 6.42 Å². The lowest BCUT2D eigenvalue weighted by Gasteiger charge is -2.35. The smallest absolute Gasteiger partial charge is 0.324 e. The van der Waals surface area contributed by atoms with E-state index in [2.05, 4.69) is 6.58 Å². The molecule has 0 rings (SSSR count). The average molecular weight is 286 g/mol. The molecule has 0 aliphatic heterocycles. The summed E-state index contributed by atoms with van der Waals surface area (Å²) in [5.41, 5.74) is 0. The molecule has 102 valence electrons. The maximum atomic E-state index is 12.5. The normalized spacial score (nSPS) is 17.6. The predicted octanol–water partition coefficient (Wildman–Crippen LogP) is 2.99. The highest BCUT2D eigenvalue weighted by atomic mass is 31.2. The van der Waals surface area contributed by atoms with Crippen LogP contribution in [0.3, 0.4) is 0 Å². The molecular formula is C7H9F6O3P. The second-order valence-corrected chi connectivity index (χ2v) is 5.30. The van der Waals surface area contributed by atoms with E-state index in [4.69, 9.17) is 9.79 Å². The van der Waals surface area contributed by atoms with Crippen molar-refractivity contribution in [2.75, 3.05) is 0 Å². The van der Waals surface area contributed by atoms with Crippen LogP contribution in [0.25, 0.3) is 0 Å². The molecule has 0 saturated carbocycles. The molecule has 0 amide bonds. The standard InChI is InChI=1S/C7H9F6O3P/c1-2-3-5(7(11,12)13,17(14,15)16)4-6(8,9)10/h2H,1,3-4H2,(H2,14,15,16). The van der Waals surface area contributed by atoms with Crippen molar-refractivity contribution < 1.29 is 40.7 Å². The molecule has 10 heteroatoms. The Labute approximate surface area is 92.3 Å². The fourth-order valence-corrected chi connectivity index (χ4v) is 2.33. The van der Waals surface area contributed by atoms with Gasteiger partial charge in [0.25, 0.3) is 0 Å². The van der Waals surface area contributed by atoms with Gasteiger partial charge in [-0.15, -0.1) is 6.58 Å². The Hall–Kier alpha value is -0.530. The molecule has 0 aromatic heterocycles. The molecule has 0 aliphatic rings. The van der Waals surface area contributed by atoms with Crippen LogP contribution < -0.4 is 0 Å². The van der Waals surface area contributed by atoms with Gasteiger partial charge >= 0.3 is 19.9 Å². The summed E-state index contributed by atoms with van der Waals surface area (Å²) in [4.78, 5) is 17.2. The van der Waals surface area contributed by atoms with E-state index in [9.17, 15) is 30.9 Å². The van der Waals surface area contributed by atoms with Crippen molar-refractivity contribution in [2.24, 2.45) is 0 Å². The van der Waals surface area contributed by atoms with Gasteiger partial charge in [-0.1, -0.05) is 6.08 Å². The number of rotatable bonds is 4. The minimum Gasteiger partial charge on any atom is -0.324 e. The summed E-state index contributed by atoms with van der Waals surface area (Å²) in [6, 6.07) is 0. The van der Waals surface area contributed by atoms with Crippen LogP contribution in [0.4, 0.5) is 26.3 Å². The second kappa shape index (κ2) is 4.62. The van der Waals surface area contributed by atoms with Crippen molar-refractivity contribution in [1.82, 2.24) is 0 Å². The van der Waals surface area contributed by atoms with Gasteiger partial charge in [-0.2, -0.15) is 26.3 Å². The molecule has 0 radical (unpaired) electrons. The van der Waals surface area contributed by atoms with Crippen LogP contribution in [0.1, 0.15) is 12.8 Å². The van der Waals surface area contributed by atoms with Gasteiger partial charge in [0, 0.05) is 0 Å². The molecule has 0 fully saturated rings. The van der Waals surface area contributed by atoms with E-state index < -0.39 is 37.9 Å². The van der Waals surface area contributed by atoms with Gasteiger partial charge in [-0.25, -0.2) is 0 Å². The first-order valence-electron chi connectivity index (χ1n) is 4.07. The van der Waals surface area contributed by atoms with Crippen LogP contribution in [0, 0.1) is 0 Å². The van der Waals surface area contributed by atoms with Crippen LogP contribution >= 0.6 is 7.60 Å². The zero-order valence-corrected chi connectivity index (χ0v) is 9.11. The van der Waals surface area contributed by atoms with E-state index in [0.717, 1.165) is 0 Å². The average Bonchev–Trinajstić information content (AvgIpc) is 1.96. The lowest BCUT2D eigenvalue weighted by atomic mass is 9.99. The number of allylic oxidation sites excluding steroid dienone is 1. The number of halogens is 6. The molecule has 0 aliphatic carbocycles. The molecule has 0 aromatic carbocycles. The monoisotopic (exact) mass is 286 g/mol. The van der Waals surface area contributed by atoms with Gasteiger partial charge in [0.05, 0.1) is 6.42 Å². The van der Waals surface area contributed by atoms with Crippen LogP contribution in [-0.4, -0.2) is 27.3 Å². The largest absolute Gasteiger partial charge is 0.406 e. The first-order chi connectivity index (χ1) is 7.27. The molecule has 0 aromatic rings. The van der Waals surface area contributed by atoms with Crippen molar-refractivity contribution in [1.29, 1.82) is 0 Å². The number of alkyl halides is 6. The Morgan fingerprint density at radius 3 is 1.71 bits per heavy atom. The summed E-state index contributed by atoms with van der Waals surface area (Å²) < 4.78 is 84.6. The number of hydrogen-bond donors (Lipinski definition) is 2. The van der Waals surface area contributed by atoms with Crippen LogP contribution in [0.15, 0.2) is 12.7 Å². The van der Waals surface area contributed by atoms with Crippen LogP contribution in [0.5, 0.6) is 0 Å². The van der Waals surface area contributed by atoms with Crippen molar-refractivity contribution in [2.45, 2.75) is 30.4 Å². The Morgan fingerprint density at radius 1 is 1.12 bits per heavy atom. The number of hydrogen-bond acceptors (Lipinski definition) is 1. The van der Waals surface area contributed by atoms with E-state index in [1.54, 1.807) is 0 Å². The highest BCUT2D eigenvalue weighted by molar-refractivity contribution is 7.53. The summed E-state index contributed by atoms with van der Waals surface area (Å²) in [6.45, 7) is 2.79. The first kappa shape index (κ1) is 16.5. The lowest BCUT2D eigenvalue weighted by Crippen LogP contribution is -2.47. The SMILES string of the molecule is C=CCC(CC(F)(F)F)(C(F)(F)F)P(=O)(O)O. The van der Waals surface area contributed by atoms with Gasteiger partial charge in [-0.3, -0.25) is 4.57 Å². The van der Waals surface area contributed by atoms with Gasteiger partial charge in [0.15, 0.2) is 5.16 Å². The van der Waals surface area contributed by atoms with E-state index >= 15 is 0 Å². The van der Waals surface area contributed by atoms with E-state index in [1.807, 2.05) is 0 Å². The zero-order chi connectivity index (χ0) is 14.1. The predicted molar refractivity (Wildman–Crippen MR) is 46.3 cm³/mol. The van der Waals surface area contributed by atoms with Crippen LogP contribution in [-0.2, 0) is 4.57 Å². The van der Waals surface area contributed by atoms with Crippen molar-refractivity contribution >= 4 is 7.60 Å². The molecule has 2 N–H and O–H groups in total. The fraction of sp³-hybridized carbons (Fsp3) is 0.714. The molecule has 0 spiro atoms. The lowest BCUT2D eigenvalue weighted by molar-refractivity contribution is -0.210. The Morgan fingerprint density at radius 2 is 1.53 bits per heavy atom. The molecular weight excluding hydrogens is 277 g/mol. The Bertz CT molecular complexity index is 329. The summed E-state index contributed by atoms with van der Waals surface area (Å²) >= 11 is 0. The van der Waals surface area contributed by atoms with Crippen molar-refractivity contribution in [3.05, 3.63) is 12.7 Å². The summed E-state index contributed by atoms with van der Waals surface area (Å²) in [6.07, 6.45) is -14.8. The quantitative estimate of drug-likeness (QED) is 0.474. The summed E-state index contributed by atoms with van der Waals surface area (Å²) in [7, 11) is -6.06. The van der Waals surface area contributed by atoms with Crippen molar-refractivity contribution in [3.8, 4) is 0 Å². The Balaban J connectivity index is 5.76. The van der Waals surface area contributed by atoms with Gasteiger partial charge in [0.2, 0.25) is 0 Å². The molecule has 17 heavy (non-hydrogen) atoms. The first-order valence-corrected chi connectivity index (χ1v) is 5.68. The third kappa shape index (κ3) is 3.72. The summed E-state index contributed by atoms with van der Waals surface area (Å²) in [5, 5.41) is -4.17. The maximum absolute atomic E-state index is 12.5. The highest BCUT2D eigenvalue weighted by Gasteiger charge is 2.68. The molecule has 3 nitrogen and oxygen atoms in total. The molecule has 0 bridgehead atoms. The third-order valence-electron chi connectivity index (χ3n) is 2.06. The third-order valence-corrected chi connectivity index (χ3v) is 3.77. The molecule has 0 saturated heterocycles. The van der Waals surface area contributed by atoms with Gasteiger partial charge < -0.3 is 9.79 Å². The van der Waals surface area contributed by atoms with Crippen molar-refractivity contribution in [3.63, 3.8) is 0 Å². The zero-order valence-electron chi connectivity index (χ0n) is 8.22. The van der Waals surface area contributed by atoms with E-state index in [1.165, 1.54) is 0 Å². The maximum Gasteiger partial charge on any atom is 0.406 e. The molecule has 1 atom stereocenters. The van der Waals surface area contributed by atoms with E-state index in [0.29, 0.717) is 6.08 Å². The molecule has 1 unspecified atom stereocenters. The van der Waals surface area contributed by atoms with Crippen LogP contribution in [0.2, 0.25) is 0 Å². The topological polar surface area (TPSA) is 57.5 Å². The minimum atomic E-state index is -6.06. The highest BCUT2D eigenvalue weighted by Crippen LogP contribution is 2.64. The Kier molecular flexibility index (Phi) is 4.48. The molecule has 0 heterocycles. The minimum absolute atomic E-state index is 0.401. The van der Waals surface area contributed by atoms with E-state index in [-0.39, 0.29) is 0 Å². The second-order valence-electron chi connectivity index (χ2n) is 3.36.